The standard InChI is InChI=1S/C19H21IN6O5/c1-9(27)25-18(30)15-13(28)14(29)19(31-15)26-8-24-12-16(22-7-23-17(12)26)21-6-10-3-2-4-11(20)5-10/h2-5,7-8,13-15,18-19,28-30H,6H2,1H3,(H,25,27)(H,21,22,23)/t13-,14+,15-,18+,19+/m0/s1. The number of nitrogens with zero attached hydrogens (tertiary/aromatic N) is 4. The summed E-state index contributed by atoms with van der Waals surface area (Å²) in [4.78, 5) is 24.0. The predicted molar refractivity (Wildman–Crippen MR) is 118 cm³/mol. The molecule has 0 radical (unpaired) electrons. The predicted octanol–water partition coefficient (Wildman–Crippen LogP) is 0.117. The minimum Gasteiger partial charge on any atom is -0.387 e. The number of hydrogen-bond acceptors (Lipinski definition) is 9. The van der Waals surface area contributed by atoms with E-state index in [1.54, 1.807) is 0 Å². The molecule has 1 aromatic carbocycles. The number of fused-ring (bicyclic) bond motifs is 1. The van der Waals surface area contributed by atoms with Gasteiger partial charge < -0.3 is 30.7 Å². The molecule has 4 rings (SSSR count). The highest BCUT2D eigenvalue weighted by molar-refractivity contribution is 14.1. The van der Waals surface area contributed by atoms with Gasteiger partial charge in [0.1, 0.15) is 24.6 Å². The smallest absolute Gasteiger partial charge is 0.218 e. The van der Waals surface area contributed by atoms with Crippen molar-refractivity contribution in [2.45, 2.75) is 44.2 Å². The highest BCUT2D eigenvalue weighted by Gasteiger charge is 2.47. The Hall–Kier alpha value is -2.39. The van der Waals surface area contributed by atoms with Crippen molar-refractivity contribution < 1.29 is 24.9 Å². The van der Waals surface area contributed by atoms with Gasteiger partial charge in [-0.3, -0.25) is 9.36 Å². The highest BCUT2D eigenvalue weighted by Crippen LogP contribution is 2.33. The maximum absolute atomic E-state index is 11.2. The number of aliphatic hydroxyl groups excluding tert-OH is 3. The lowest BCUT2D eigenvalue weighted by molar-refractivity contribution is -0.130. The van der Waals surface area contributed by atoms with Crippen LogP contribution in [0.2, 0.25) is 0 Å². The van der Waals surface area contributed by atoms with E-state index in [0.29, 0.717) is 23.5 Å². The van der Waals surface area contributed by atoms with E-state index < -0.39 is 36.7 Å². The number of anilines is 1. The van der Waals surface area contributed by atoms with Crippen molar-refractivity contribution in [2.24, 2.45) is 0 Å². The normalized spacial score (nSPS) is 24.3. The molecule has 0 bridgehead atoms. The number of carbonyl (C=O) groups excluding carboxylic acids is 1. The van der Waals surface area contributed by atoms with E-state index in [1.807, 2.05) is 18.2 Å². The molecule has 1 aliphatic heterocycles. The minimum atomic E-state index is -1.48. The van der Waals surface area contributed by atoms with Crippen molar-refractivity contribution in [2.75, 3.05) is 5.32 Å². The van der Waals surface area contributed by atoms with Crippen molar-refractivity contribution in [1.29, 1.82) is 0 Å². The second-order valence-electron chi connectivity index (χ2n) is 7.15. The fourth-order valence-electron chi connectivity index (χ4n) is 3.47. The summed E-state index contributed by atoms with van der Waals surface area (Å²) < 4.78 is 8.24. The summed E-state index contributed by atoms with van der Waals surface area (Å²) >= 11 is 2.25. The summed E-state index contributed by atoms with van der Waals surface area (Å²) in [5.74, 6) is 0.0105. The van der Waals surface area contributed by atoms with Crippen LogP contribution in [0.25, 0.3) is 11.2 Å². The number of aromatic nitrogens is 4. The van der Waals surface area contributed by atoms with Crippen molar-refractivity contribution in [3.05, 3.63) is 46.1 Å². The monoisotopic (exact) mass is 540 g/mol. The molecule has 31 heavy (non-hydrogen) atoms. The summed E-state index contributed by atoms with van der Waals surface area (Å²) in [6.07, 6.45) is -3.79. The van der Waals surface area contributed by atoms with Crippen LogP contribution in [-0.2, 0) is 16.1 Å². The Morgan fingerprint density at radius 3 is 2.84 bits per heavy atom. The van der Waals surface area contributed by atoms with E-state index in [-0.39, 0.29) is 0 Å². The van der Waals surface area contributed by atoms with Crippen LogP contribution in [0.15, 0.2) is 36.9 Å². The summed E-state index contributed by atoms with van der Waals surface area (Å²) in [6.45, 7) is 1.76. The Labute approximate surface area is 190 Å². The van der Waals surface area contributed by atoms with E-state index in [9.17, 15) is 20.1 Å². The molecule has 0 unspecified atom stereocenters. The first-order valence-electron chi connectivity index (χ1n) is 9.48. The molecule has 5 N–H and O–H groups in total. The Kier molecular flexibility index (Phi) is 6.34. The highest BCUT2D eigenvalue weighted by atomic mass is 127. The summed E-state index contributed by atoms with van der Waals surface area (Å²) in [5.41, 5.74) is 1.92. The molecule has 2 aromatic heterocycles. The maximum Gasteiger partial charge on any atom is 0.218 e. The van der Waals surface area contributed by atoms with Crippen molar-refractivity contribution in [3.8, 4) is 0 Å². The van der Waals surface area contributed by atoms with Gasteiger partial charge in [-0.2, -0.15) is 0 Å². The van der Waals surface area contributed by atoms with E-state index in [1.165, 1.54) is 24.1 Å². The third-order valence-corrected chi connectivity index (χ3v) is 5.59. The molecule has 1 fully saturated rings. The SMILES string of the molecule is CC(=O)N[C@H](O)[C@H]1O[C@@H](n2cnc3c(NCc4cccc(I)c4)ncnc32)[C@H](O)[C@@H]1O. The van der Waals surface area contributed by atoms with Gasteiger partial charge in [0, 0.05) is 17.0 Å². The molecule has 0 aliphatic carbocycles. The van der Waals surface area contributed by atoms with Crippen LogP contribution < -0.4 is 10.6 Å². The Morgan fingerprint density at radius 2 is 2.10 bits per heavy atom. The number of hydrogen-bond donors (Lipinski definition) is 5. The number of ether oxygens (including phenoxy) is 1. The molecule has 1 saturated heterocycles. The molecular weight excluding hydrogens is 519 g/mol. The van der Waals surface area contributed by atoms with E-state index in [0.717, 1.165) is 9.13 Å². The van der Waals surface area contributed by atoms with Crippen molar-refractivity contribution >= 4 is 45.5 Å². The lowest BCUT2D eigenvalue weighted by Crippen LogP contribution is -2.48. The lowest BCUT2D eigenvalue weighted by atomic mass is 10.1. The van der Waals surface area contributed by atoms with Gasteiger partial charge in [-0.25, -0.2) is 15.0 Å². The molecule has 3 heterocycles. The fraction of sp³-hybridized carbons (Fsp3) is 0.368. The average Bonchev–Trinajstić information content (AvgIpc) is 3.28. The van der Waals surface area contributed by atoms with Crippen molar-refractivity contribution in [3.63, 3.8) is 0 Å². The molecule has 0 spiro atoms. The first kappa shape index (κ1) is 21.8. The lowest BCUT2D eigenvalue weighted by Gasteiger charge is -2.21. The molecule has 12 heteroatoms. The average molecular weight is 540 g/mol. The molecule has 3 aromatic rings. The third kappa shape index (κ3) is 4.48. The Bertz CT molecular complexity index is 1090. The zero-order valence-corrected chi connectivity index (χ0v) is 18.5. The zero-order valence-electron chi connectivity index (χ0n) is 16.4. The van der Waals surface area contributed by atoms with Crippen LogP contribution in [0.5, 0.6) is 0 Å². The van der Waals surface area contributed by atoms with Crippen LogP contribution in [0.3, 0.4) is 0 Å². The minimum absolute atomic E-state index is 0.381. The molecule has 1 aliphatic rings. The van der Waals surface area contributed by atoms with Gasteiger partial charge in [0.05, 0.1) is 6.33 Å². The fourth-order valence-corrected chi connectivity index (χ4v) is 4.07. The van der Waals surface area contributed by atoms with Gasteiger partial charge in [-0.1, -0.05) is 12.1 Å². The molecule has 0 saturated carbocycles. The first-order valence-corrected chi connectivity index (χ1v) is 10.6. The summed E-state index contributed by atoms with van der Waals surface area (Å²) in [7, 11) is 0. The van der Waals surface area contributed by atoms with Gasteiger partial charge in [-0.05, 0) is 40.3 Å². The molecule has 5 atom stereocenters. The largest absolute Gasteiger partial charge is 0.387 e. The number of imidazole rings is 1. The van der Waals surface area contributed by atoms with Gasteiger partial charge >= 0.3 is 0 Å². The van der Waals surface area contributed by atoms with E-state index in [4.69, 9.17) is 4.74 Å². The second kappa shape index (κ2) is 9.00. The molecule has 11 nitrogen and oxygen atoms in total. The van der Waals surface area contributed by atoms with Crippen LogP contribution in [0, 0.1) is 3.57 Å². The summed E-state index contributed by atoms with van der Waals surface area (Å²) in [5, 5.41) is 36.4. The van der Waals surface area contributed by atoms with Crippen LogP contribution >= 0.6 is 22.6 Å². The topological polar surface area (TPSA) is 155 Å². The quantitative estimate of drug-likeness (QED) is 0.217. The van der Waals surface area contributed by atoms with Gasteiger partial charge in [-0.15, -0.1) is 0 Å². The Balaban J connectivity index is 1.57. The zero-order chi connectivity index (χ0) is 22.1. The van der Waals surface area contributed by atoms with Gasteiger partial charge in [0.15, 0.2) is 29.4 Å². The third-order valence-electron chi connectivity index (χ3n) is 4.92. The van der Waals surface area contributed by atoms with Crippen LogP contribution in [-0.4, -0.2) is 65.3 Å². The summed E-state index contributed by atoms with van der Waals surface area (Å²) in [6, 6.07) is 8.02. The van der Waals surface area contributed by atoms with Gasteiger partial charge in [0.2, 0.25) is 5.91 Å². The van der Waals surface area contributed by atoms with E-state index >= 15 is 0 Å². The number of nitrogens with one attached hydrogen (secondary N) is 2. The molecular formula is C19H21IN6O5. The molecule has 1 amide bonds. The van der Waals surface area contributed by atoms with Crippen molar-refractivity contribution in [1.82, 2.24) is 24.8 Å². The Morgan fingerprint density at radius 1 is 1.29 bits per heavy atom. The number of amides is 1. The number of aliphatic hydroxyl groups is 3. The molecule has 164 valence electrons. The van der Waals surface area contributed by atoms with Crippen LogP contribution in [0.1, 0.15) is 18.7 Å². The maximum atomic E-state index is 11.2. The van der Waals surface area contributed by atoms with E-state index in [2.05, 4.69) is 54.2 Å². The van der Waals surface area contributed by atoms with Crippen LogP contribution in [0.4, 0.5) is 5.82 Å². The number of benzene rings is 1. The number of rotatable bonds is 6. The second-order valence-corrected chi connectivity index (χ2v) is 8.39. The first-order chi connectivity index (χ1) is 14.8. The number of halogens is 1. The van der Waals surface area contributed by atoms with Gasteiger partial charge in [0.25, 0.3) is 0 Å². The number of carbonyl (C=O) groups is 1.